The van der Waals surface area contributed by atoms with Gasteiger partial charge in [-0.05, 0) is 12.1 Å². The molecular weight excluding hydrogens is 266 g/mol. The fraction of sp³-hybridized carbons (Fsp3) is 0.300. The molecule has 1 aromatic rings. The van der Waals surface area contributed by atoms with Crippen molar-refractivity contribution in [2.75, 3.05) is 12.9 Å². The summed E-state index contributed by atoms with van der Waals surface area (Å²) in [7, 11) is -3.57. The summed E-state index contributed by atoms with van der Waals surface area (Å²) in [6, 6.07) is 6.22. The number of rotatable bonds is 4. The average Bonchev–Trinajstić information content (AvgIpc) is 2.23. The number of oxime groups is 1. The molecule has 0 aliphatic carbocycles. The van der Waals surface area contributed by atoms with Crippen molar-refractivity contribution in [3.05, 3.63) is 34.9 Å². The number of halogens is 1. The SMILES string of the molecule is CS(=O)(=O)[C@H](CO)/C(=N\O)c1cccc(Cl)c1. The number of hydrogen-bond acceptors (Lipinski definition) is 5. The van der Waals surface area contributed by atoms with Crippen LogP contribution in [-0.4, -0.2) is 42.6 Å². The smallest absolute Gasteiger partial charge is 0.158 e. The van der Waals surface area contributed by atoms with E-state index in [2.05, 4.69) is 5.16 Å². The minimum absolute atomic E-state index is 0.127. The molecule has 1 rings (SSSR count). The van der Waals surface area contributed by atoms with Gasteiger partial charge in [0.05, 0.1) is 6.61 Å². The minimum Gasteiger partial charge on any atom is -0.411 e. The first-order valence-electron chi connectivity index (χ1n) is 4.67. The third kappa shape index (κ3) is 3.42. The van der Waals surface area contributed by atoms with Gasteiger partial charge < -0.3 is 10.3 Å². The van der Waals surface area contributed by atoms with E-state index in [9.17, 15) is 8.42 Å². The first kappa shape index (κ1) is 14.0. The predicted octanol–water partition coefficient (Wildman–Crippen LogP) is 0.924. The predicted molar refractivity (Wildman–Crippen MR) is 65.5 cm³/mol. The number of aliphatic hydroxyl groups excluding tert-OH is 1. The van der Waals surface area contributed by atoms with Crippen molar-refractivity contribution in [2.45, 2.75) is 5.25 Å². The fourth-order valence-corrected chi connectivity index (χ4v) is 2.43. The van der Waals surface area contributed by atoms with Gasteiger partial charge in [0.1, 0.15) is 11.0 Å². The normalized spacial score (nSPS) is 14.6. The summed E-state index contributed by atoms with van der Waals surface area (Å²) in [6.45, 7) is -0.662. The summed E-state index contributed by atoms with van der Waals surface area (Å²) in [4.78, 5) is 0. The van der Waals surface area contributed by atoms with Gasteiger partial charge in [-0.2, -0.15) is 0 Å². The molecule has 5 nitrogen and oxygen atoms in total. The zero-order valence-corrected chi connectivity index (χ0v) is 10.6. The van der Waals surface area contributed by atoms with Gasteiger partial charge in [-0.25, -0.2) is 8.42 Å². The van der Waals surface area contributed by atoms with Crippen LogP contribution >= 0.6 is 11.6 Å². The molecular formula is C10H12ClNO4S. The van der Waals surface area contributed by atoms with Gasteiger partial charge in [0, 0.05) is 16.8 Å². The van der Waals surface area contributed by atoms with E-state index in [1.807, 2.05) is 0 Å². The number of hydrogen-bond donors (Lipinski definition) is 2. The Bertz CT molecular complexity index is 527. The largest absolute Gasteiger partial charge is 0.411 e. The summed E-state index contributed by atoms with van der Waals surface area (Å²) in [5.74, 6) is 0. The molecule has 0 aliphatic rings. The van der Waals surface area contributed by atoms with Crippen LogP contribution in [0.25, 0.3) is 0 Å². The van der Waals surface area contributed by atoms with E-state index >= 15 is 0 Å². The summed E-state index contributed by atoms with van der Waals surface area (Å²) >= 11 is 5.76. The molecule has 17 heavy (non-hydrogen) atoms. The molecule has 0 unspecified atom stereocenters. The van der Waals surface area contributed by atoms with Crippen molar-refractivity contribution in [2.24, 2.45) is 5.16 Å². The second-order valence-corrected chi connectivity index (χ2v) is 6.16. The Kier molecular flexibility index (Phi) is 4.50. The lowest BCUT2D eigenvalue weighted by atomic mass is 10.1. The molecule has 0 saturated heterocycles. The molecule has 0 fully saturated rings. The molecule has 0 bridgehead atoms. The molecule has 94 valence electrons. The number of sulfone groups is 1. The zero-order chi connectivity index (χ0) is 13.1. The van der Waals surface area contributed by atoms with Gasteiger partial charge in [0.25, 0.3) is 0 Å². The molecule has 0 saturated carbocycles. The van der Waals surface area contributed by atoms with Crippen LogP contribution in [0.4, 0.5) is 0 Å². The Hall–Kier alpha value is -1.11. The Morgan fingerprint density at radius 1 is 1.53 bits per heavy atom. The van der Waals surface area contributed by atoms with E-state index in [4.69, 9.17) is 21.9 Å². The fourth-order valence-electron chi connectivity index (χ4n) is 1.38. The van der Waals surface area contributed by atoms with Crippen molar-refractivity contribution in [1.29, 1.82) is 0 Å². The van der Waals surface area contributed by atoms with Gasteiger partial charge in [0.2, 0.25) is 0 Å². The van der Waals surface area contributed by atoms with Gasteiger partial charge in [0.15, 0.2) is 9.84 Å². The highest BCUT2D eigenvalue weighted by Crippen LogP contribution is 2.15. The molecule has 0 heterocycles. The quantitative estimate of drug-likeness (QED) is 0.487. The summed E-state index contributed by atoms with van der Waals surface area (Å²) in [5, 5.41) is 20.1. The van der Waals surface area contributed by atoms with Crippen molar-refractivity contribution in [1.82, 2.24) is 0 Å². The van der Waals surface area contributed by atoms with Crippen LogP contribution in [0.1, 0.15) is 5.56 Å². The van der Waals surface area contributed by atoms with Gasteiger partial charge in [-0.1, -0.05) is 28.9 Å². The zero-order valence-electron chi connectivity index (χ0n) is 9.04. The van der Waals surface area contributed by atoms with Gasteiger partial charge in [-0.3, -0.25) is 0 Å². The van der Waals surface area contributed by atoms with E-state index in [0.29, 0.717) is 10.6 Å². The highest BCUT2D eigenvalue weighted by molar-refractivity contribution is 7.92. The van der Waals surface area contributed by atoms with Crippen LogP contribution in [0.5, 0.6) is 0 Å². The standard InChI is InChI=1S/C10H12ClNO4S/c1-17(15,16)9(6-13)10(12-14)7-3-2-4-8(11)5-7/h2-5,9,13-14H,6H2,1H3/b12-10-/t9-/m1/s1. The summed E-state index contributed by atoms with van der Waals surface area (Å²) in [6.07, 6.45) is 0.962. The average molecular weight is 278 g/mol. The van der Waals surface area contributed by atoms with E-state index in [-0.39, 0.29) is 5.71 Å². The van der Waals surface area contributed by atoms with Crippen LogP contribution in [0.3, 0.4) is 0 Å². The van der Waals surface area contributed by atoms with Crippen molar-refractivity contribution >= 4 is 27.1 Å². The number of aliphatic hydroxyl groups is 1. The van der Waals surface area contributed by atoms with Crippen molar-refractivity contribution < 1.29 is 18.7 Å². The monoisotopic (exact) mass is 277 g/mol. The molecule has 0 amide bonds. The topological polar surface area (TPSA) is 87.0 Å². The lowest BCUT2D eigenvalue weighted by molar-refractivity contribution is 0.296. The summed E-state index contributed by atoms with van der Waals surface area (Å²) in [5.41, 5.74) is 0.224. The third-order valence-electron chi connectivity index (χ3n) is 2.22. The minimum atomic E-state index is -3.57. The Balaban J connectivity index is 3.25. The molecule has 0 aromatic heterocycles. The first-order chi connectivity index (χ1) is 7.90. The van der Waals surface area contributed by atoms with Crippen LogP contribution in [0.15, 0.2) is 29.4 Å². The van der Waals surface area contributed by atoms with Crippen LogP contribution < -0.4 is 0 Å². The first-order valence-corrected chi connectivity index (χ1v) is 7.01. The van der Waals surface area contributed by atoms with Gasteiger partial charge >= 0.3 is 0 Å². The van der Waals surface area contributed by atoms with Crippen molar-refractivity contribution in [3.8, 4) is 0 Å². The lowest BCUT2D eigenvalue weighted by Crippen LogP contribution is -2.33. The molecule has 7 heteroatoms. The Morgan fingerprint density at radius 2 is 2.18 bits per heavy atom. The van der Waals surface area contributed by atoms with Crippen LogP contribution in [0.2, 0.25) is 5.02 Å². The number of nitrogens with zero attached hydrogens (tertiary/aromatic N) is 1. The molecule has 2 N–H and O–H groups in total. The highest BCUT2D eigenvalue weighted by Gasteiger charge is 2.27. The second kappa shape index (κ2) is 5.48. The summed E-state index contributed by atoms with van der Waals surface area (Å²) < 4.78 is 22.9. The maximum Gasteiger partial charge on any atom is 0.158 e. The Labute approximate surface area is 104 Å². The lowest BCUT2D eigenvalue weighted by Gasteiger charge is -2.14. The highest BCUT2D eigenvalue weighted by atomic mass is 35.5. The Morgan fingerprint density at radius 3 is 2.59 bits per heavy atom. The molecule has 0 radical (unpaired) electrons. The maximum atomic E-state index is 11.4. The molecule has 0 aliphatic heterocycles. The molecule has 1 atom stereocenters. The number of benzene rings is 1. The van der Waals surface area contributed by atoms with Crippen LogP contribution in [-0.2, 0) is 9.84 Å². The van der Waals surface area contributed by atoms with Crippen molar-refractivity contribution in [3.63, 3.8) is 0 Å². The van der Waals surface area contributed by atoms with Gasteiger partial charge in [-0.15, -0.1) is 0 Å². The van der Waals surface area contributed by atoms with Crippen LogP contribution in [0, 0.1) is 0 Å². The van der Waals surface area contributed by atoms with E-state index in [1.54, 1.807) is 18.2 Å². The molecule has 1 aromatic carbocycles. The molecule has 0 spiro atoms. The maximum absolute atomic E-state index is 11.4. The van der Waals surface area contributed by atoms with E-state index < -0.39 is 21.7 Å². The second-order valence-electron chi connectivity index (χ2n) is 3.50. The third-order valence-corrected chi connectivity index (χ3v) is 3.86. The van der Waals surface area contributed by atoms with E-state index in [0.717, 1.165) is 6.26 Å². The van der Waals surface area contributed by atoms with E-state index in [1.165, 1.54) is 6.07 Å².